The predicted molar refractivity (Wildman–Crippen MR) is 90.0 cm³/mol. The largest absolute Gasteiger partial charge is 0.507 e. The van der Waals surface area contributed by atoms with E-state index in [9.17, 15) is 18.3 Å². The quantitative estimate of drug-likeness (QED) is 0.694. The number of nitrogens with one attached hydrogen (secondary N) is 1. The lowest BCUT2D eigenvalue weighted by Crippen LogP contribution is -2.15. The number of hydrogen-bond donors (Lipinski definition) is 2. The van der Waals surface area contributed by atoms with Gasteiger partial charge in [0.25, 0.3) is 0 Å². The highest BCUT2D eigenvalue weighted by atomic mass is 19.4. The lowest BCUT2D eigenvalue weighted by Gasteiger charge is -2.11. The van der Waals surface area contributed by atoms with Gasteiger partial charge in [0, 0.05) is 5.56 Å². The van der Waals surface area contributed by atoms with Crippen LogP contribution in [0.5, 0.6) is 5.75 Å². The van der Waals surface area contributed by atoms with Crippen LogP contribution < -0.4 is 0 Å². The third-order valence-electron chi connectivity index (χ3n) is 3.71. The number of phenolic OH excluding ortho intramolecular Hbond substituents is 1. The number of halogens is 3. The fourth-order valence-electron chi connectivity index (χ4n) is 2.47. The van der Waals surface area contributed by atoms with Gasteiger partial charge in [-0.3, -0.25) is 4.99 Å². The smallest absolute Gasteiger partial charge is 0.437 e. The second-order valence-corrected chi connectivity index (χ2v) is 5.69. The SMILES string of the molecule is Cc1ccc(O)c(C(=NCc2ccccc2)c2n[nH]nc2C(F)(F)F)c1. The molecule has 0 saturated heterocycles. The molecule has 0 radical (unpaired) electrons. The van der Waals surface area contributed by atoms with E-state index >= 15 is 0 Å². The molecule has 0 saturated carbocycles. The number of phenols is 1. The summed E-state index contributed by atoms with van der Waals surface area (Å²) in [5, 5.41) is 19.0. The Bertz CT molecular complexity index is 933. The van der Waals surface area contributed by atoms with Crippen LogP contribution in [0.1, 0.15) is 28.1 Å². The van der Waals surface area contributed by atoms with Gasteiger partial charge < -0.3 is 5.11 Å². The number of hydrogen-bond acceptors (Lipinski definition) is 4. The van der Waals surface area contributed by atoms with Gasteiger partial charge in [-0.1, -0.05) is 42.0 Å². The average molecular weight is 360 g/mol. The van der Waals surface area contributed by atoms with E-state index in [2.05, 4.69) is 15.2 Å². The highest BCUT2D eigenvalue weighted by Gasteiger charge is 2.39. The van der Waals surface area contributed by atoms with Crippen molar-refractivity contribution >= 4 is 5.71 Å². The number of aromatic hydroxyl groups is 1. The maximum Gasteiger partial charge on any atom is 0.437 e. The van der Waals surface area contributed by atoms with E-state index in [-0.39, 0.29) is 23.6 Å². The van der Waals surface area contributed by atoms with E-state index in [1.807, 2.05) is 35.5 Å². The maximum atomic E-state index is 13.3. The van der Waals surface area contributed by atoms with Gasteiger partial charge in [-0.2, -0.15) is 28.6 Å². The van der Waals surface area contributed by atoms with Gasteiger partial charge in [0.1, 0.15) is 11.4 Å². The number of alkyl halides is 3. The molecule has 2 N–H and O–H groups in total. The summed E-state index contributed by atoms with van der Waals surface area (Å²) in [4.78, 5) is 4.32. The molecule has 0 aliphatic heterocycles. The predicted octanol–water partition coefficient (Wildman–Crippen LogP) is 3.88. The van der Waals surface area contributed by atoms with Crippen LogP contribution in [0, 0.1) is 6.92 Å². The van der Waals surface area contributed by atoms with E-state index in [1.165, 1.54) is 6.07 Å². The van der Waals surface area contributed by atoms with Gasteiger partial charge in [-0.25, -0.2) is 0 Å². The topological polar surface area (TPSA) is 74.2 Å². The molecule has 26 heavy (non-hydrogen) atoms. The molecule has 0 aliphatic carbocycles. The summed E-state index contributed by atoms with van der Waals surface area (Å²) in [6, 6.07) is 13.7. The van der Waals surface area contributed by atoms with Crippen molar-refractivity contribution in [2.75, 3.05) is 0 Å². The normalized spacial score (nSPS) is 12.4. The van der Waals surface area contributed by atoms with Crippen LogP contribution in [0.15, 0.2) is 53.5 Å². The van der Waals surface area contributed by atoms with Gasteiger partial charge in [0.2, 0.25) is 0 Å². The van der Waals surface area contributed by atoms with Crippen LogP contribution in [0.25, 0.3) is 0 Å². The highest BCUT2D eigenvalue weighted by Crippen LogP contribution is 2.32. The molecule has 8 heteroatoms. The minimum Gasteiger partial charge on any atom is -0.507 e. The van der Waals surface area contributed by atoms with Crippen molar-refractivity contribution in [3.63, 3.8) is 0 Å². The van der Waals surface area contributed by atoms with Crippen LogP contribution >= 0.6 is 0 Å². The van der Waals surface area contributed by atoms with Crippen molar-refractivity contribution in [1.82, 2.24) is 15.4 Å². The molecule has 2 aromatic carbocycles. The minimum atomic E-state index is -4.70. The number of aromatic amines is 1. The second-order valence-electron chi connectivity index (χ2n) is 5.69. The molecular formula is C18H15F3N4O. The lowest BCUT2D eigenvalue weighted by molar-refractivity contribution is -0.141. The van der Waals surface area contributed by atoms with Crippen molar-refractivity contribution in [3.05, 3.63) is 76.6 Å². The van der Waals surface area contributed by atoms with Gasteiger partial charge in [-0.15, -0.1) is 0 Å². The lowest BCUT2D eigenvalue weighted by atomic mass is 10.0. The van der Waals surface area contributed by atoms with E-state index in [4.69, 9.17) is 0 Å². The Labute approximate surface area is 147 Å². The summed E-state index contributed by atoms with van der Waals surface area (Å²) in [5.41, 5.74) is 0.0486. The fraction of sp³-hybridized carbons (Fsp3) is 0.167. The first-order valence-corrected chi connectivity index (χ1v) is 7.73. The van der Waals surface area contributed by atoms with Crippen LogP contribution in [-0.4, -0.2) is 26.2 Å². The first kappa shape index (κ1) is 17.7. The van der Waals surface area contributed by atoms with Crippen LogP contribution in [0.4, 0.5) is 13.2 Å². The summed E-state index contributed by atoms with van der Waals surface area (Å²) in [7, 11) is 0. The molecular weight excluding hydrogens is 345 g/mol. The Morgan fingerprint density at radius 3 is 2.54 bits per heavy atom. The van der Waals surface area contributed by atoms with E-state index in [0.29, 0.717) is 0 Å². The molecule has 1 heterocycles. The Morgan fingerprint density at radius 1 is 1.12 bits per heavy atom. The average Bonchev–Trinajstić information content (AvgIpc) is 3.09. The Kier molecular flexibility index (Phi) is 4.75. The van der Waals surface area contributed by atoms with Crippen LogP contribution in [0.3, 0.4) is 0 Å². The molecule has 0 bridgehead atoms. The summed E-state index contributed by atoms with van der Waals surface area (Å²) in [6.07, 6.45) is -4.70. The van der Waals surface area contributed by atoms with Crippen molar-refractivity contribution in [1.29, 1.82) is 0 Å². The van der Waals surface area contributed by atoms with Crippen molar-refractivity contribution in [2.45, 2.75) is 19.6 Å². The second kappa shape index (κ2) is 6.99. The van der Waals surface area contributed by atoms with E-state index < -0.39 is 17.6 Å². The molecule has 0 unspecified atom stereocenters. The first-order chi connectivity index (χ1) is 12.4. The van der Waals surface area contributed by atoms with Crippen LogP contribution in [-0.2, 0) is 12.7 Å². The standard InChI is InChI=1S/C18H15F3N4O/c1-11-7-8-14(26)13(9-11)15(22-10-12-5-3-2-4-6-12)16-17(18(19,20)21)24-25-23-16/h2-9,26H,10H2,1H3,(H,23,24,25). The van der Waals surface area contributed by atoms with Gasteiger partial charge in [-0.05, 0) is 24.6 Å². The maximum absolute atomic E-state index is 13.3. The summed E-state index contributed by atoms with van der Waals surface area (Å²) < 4.78 is 39.8. The third-order valence-corrected chi connectivity index (χ3v) is 3.71. The molecule has 0 amide bonds. The molecule has 0 atom stereocenters. The molecule has 134 valence electrons. The number of nitrogens with zero attached hydrogens (tertiary/aromatic N) is 3. The van der Waals surface area contributed by atoms with Crippen molar-refractivity contribution < 1.29 is 18.3 Å². The van der Waals surface area contributed by atoms with E-state index in [1.54, 1.807) is 19.1 Å². The zero-order valence-electron chi connectivity index (χ0n) is 13.7. The van der Waals surface area contributed by atoms with Crippen molar-refractivity contribution in [2.24, 2.45) is 4.99 Å². The Morgan fingerprint density at radius 2 is 1.85 bits per heavy atom. The number of H-pyrrole nitrogens is 1. The third kappa shape index (κ3) is 3.74. The Hall–Kier alpha value is -3.16. The fourth-order valence-corrected chi connectivity index (χ4v) is 2.47. The number of aliphatic imine (C=N–C) groups is 1. The molecule has 3 rings (SSSR count). The van der Waals surface area contributed by atoms with Crippen molar-refractivity contribution in [3.8, 4) is 5.75 Å². The zero-order valence-corrected chi connectivity index (χ0v) is 13.7. The molecule has 3 aromatic rings. The van der Waals surface area contributed by atoms with Gasteiger partial charge >= 0.3 is 6.18 Å². The first-order valence-electron chi connectivity index (χ1n) is 7.73. The molecule has 0 aliphatic rings. The summed E-state index contributed by atoms with van der Waals surface area (Å²) in [6.45, 7) is 1.90. The van der Waals surface area contributed by atoms with Gasteiger partial charge in [0.15, 0.2) is 5.69 Å². The van der Waals surface area contributed by atoms with Gasteiger partial charge in [0.05, 0.1) is 12.3 Å². The number of benzene rings is 2. The Balaban J connectivity index is 2.14. The van der Waals surface area contributed by atoms with E-state index in [0.717, 1.165) is 11.1 Å². The molecule has 5 nitrogen and oxygen atoms in total. The number of aryl methyl sites for hydroxylation is 1. The monoisotopic (exact) mass is 360 g/mol. The zero-order chi connectivity index (χ0) is 18.7. The highest BCUT2D eigenvalue weighted by molar-refractivity contribution is 6.14. The summed E-state index contributed by atoms with van der Waals surface area (Å²) in [5.74, 6) is -0.182. The van der Waals surface area contributed by atoms with Crippen LogP contribution in [0.2, 0.25) is 0 Å². The summed E-state index contributed by atoms with van der Waals surface area (Å²) >= 11 is 0. The number of rotatable bonds is 4. The minimum absolute atomic E-state index is 0.0730. The molecule has 0 spiro atoms. The molecule has 0 fully saturated rings. The number of aromatic nitrogens is 3. The molecule has 1 aromatic heterocycles.